The summed E-state index contributed by atoms with van der Waals surface area (Å²) in [6.07, 6.45) is 0. The summed E-state index contributed by atoms with van der Waals surface area (Å²) < 4.78 is 9.89. The molecule has 1 rings (SSSR count). The largest absolute Gasteiger partial charge is 0.496 e. The fraction of sp³-hybridized carbons (Fsp3) is 0.364. The number of carbonyl (C=O) groups excluding carboxylic acids is 1. The Balaban J connectivity index is 3.05. The van der Waals surface area contributed by atoms with Gasteiger partial charge in [0, 0.05) is 11.3 Å². The van der Waals surface area contributed by atoms with Crippen molar-refractivity contribution >= 4 is 18.6 Å². The van der Waals surface area contributed by atoms with Crippen molar-refractivity contribution < 1.29 is 14.3 Å². The topological polar surface area (TPSA) is 35.5 Å². The highest BCUT2D eigenvalue weighted by atomic mass is 32.1. The average Bonchev–Trinajstić information content (AvgIpc) is 2.30. The van der Waals surface area contributed by atoms with E-state index in [-0.39, 0.29) is 11.9 Å². The van der Waals surface area contributed by atoms with Gasteiger partial charge in [-0.3, -0.25) is 4.79 Å². The van der Waals surface area contributed by atoms with Crippen LogP contribution in [0.1, 0.15) is 11.5 Å². The molecule has 1 unspecified atom stereocenters. The van der Waals surface area contributed by atoms with E-state index in [1.807, 2.05) is 24.3 Å². The van der Waals surface area contributed by atoms with Gasteiger partial charge in [0.2, 0.25) is 0 Å². The molecule has 0 fully saturated rings. The summed E-state index contributed by atoms with van der Waals surface area (Å²) in [6, 6.07) is 7.37. The smallest absolute Gasteiger partial charge is 0.314 e. The normalized spacial score (nSPS) is 11.9. The van der Waals surface area contributed by atoms with Gasteiger partial charge in [0.15, 0.2) is 0 Å². The fourth-order valence-corrected chi connectivity index (χ4v) is 1.74. The lowest BCUT2D eigenvalue weighted by atomic mass is 10.0. The third kappa shape index (κ3) is 2.65. The van der Waals surface area contributed by atoms with Crippen LogP contribution < -0.4 is 4.74 Å². The lowest BCUT2D eigenvalue weighted by molar-refractivity contribution is -0.141. The molecule has 0 aliphatic rings. The second-order valence-corrected chi connectivity index (χ2v) is 3.37. The minimum absolute atomic E-state index is 0.297. The van der Waals surface area contributed by atoms with Gasteiger partial charge in [-0.25, -0.2) is 0 Å². The Bertz CT molecular complexity index is 338. The first-order valence-corrected chi connectivity index (χ1v) is 5.19. The van der Waals surface area contributed by atoms with Gasteiger partial charge in [-0.1, -0.05) is 18.2 Å². The lowest BCUT2D eigenvalue weighted by Crippen LogP contribution is -2.16. The zero-order chi connectivity index (χ0) is 11.3. The monoisotopic (exact) mass is 226 g/mol. The van der Waals surface area contributed by atoms with Crippen molar-refractivity contribution in [2.45, 2.75) is 5.92 Å². The highest BCUT2D eigenvalue weighted by molar-refractivity contribution is 7.80. The predicted octanol–water partition coefficient (Wildman–Crippen LogP) is 1.88. The zero-order valence-electron chi connectivity index (χ0n) is 8.77. The zero-order valence-corrected chi connectivity index (χ0v) is 9.66. The summed E-state index contributed by atoms with van der Waals surface area (Å²) in [5.41, 5.74) is 0.807. The van der Waals surface area contributed by atoms with E-state index in [2.05, 4.69) is 12.6 Å². The quantitative estimate of drug-likeness (QED) is 0.629. The molecular formula is C11H14O3S. The molecule has 0 radical (unpaired) electrons. The van der Waals surface area contributed by atoms with Gasteiger partial charge in [-0.15, -0.1) is 0 Å². The molecule has 0 saturated carbocycles. The first-order chi connectivity index (χ1) is 7.24. The molecule has 0 aliphatic heterocycles. The van der Waals surface area contributed by atoms with Crippen LogP contribution in [0, 0.1) is 0 Å². The summed E-state index contributed by atoms with van der Waals surface area (Å²) in [4.78, 5) is 11.5. The maximum atomic E-state index is 11.5. The number of hydrogen-bond acceptors (Lipinski definition) is 4. The number of carbonyl (C=O) groups is 1. The Morgan fingerprint density at radius 2 is 2.07 bits per heavy atom. The van der Waals surface area contributed by atoms with Gasteiger partial charge in [0.1, 0.15) is 5.75 Å². The molecule has 1 aromatic carbocycles. The van der Waals surface area contributed by atoms with Gasteiger partial charge >= 0.3 is 5.97 Å². The summed E-state index contributed by atoms with van der Waals surface area (Å²) in [6.45, 7) is 0. The summed E-state index contributed by atoms with van der Waals surface area (Å²) in [5.74, 6) is 0.401. The number of para-hydroxylation sites is 1. The number of hydrogen-bond donors (Lipinski definition) is 1. The van der Waals surface area contributed by atoms with Crippen LogP contribution in [0.2, 0.25) is 0 Å². The van der Waals surface area contributed by atoms with Crippen LogP contribution in [0.4, 0.5) is 0 Å². The minimum Gasteiger partial charge on any atom is -0.496 e. The maximum Gasteiger partial charge on any atom is 0.314 e. The number of thiol groups is 1. The number of rotatable bonds is 4. The van der Waals surface area contributed by atoms with Gasteiger partial charge in [0.25, 0.3) is 0 Å². The Kier molecular flexibility index (Phi) is 4.49. The summed E-state index contributed by atoms with van der Waals surface area (Å²) in [7, 11) is 2.94. The molecule has 82 valence electrons. The van der Waals surface area contributed by atoms with E-state index in [0.29, 0.717) is 11.5 Å². The van der Waals surface area contributed by atoms with E-state index in [4.69, 9.17) is 9.47 Å². The van der Waals surface area contributed by atoms with Gasteiger partial charge in [0.05, 0.1) is 20.1 Å². The van der Waals surface area contributed by atoms with Crippen LogP contribution in [-0.4, -0.2) is 25.9 Å². The molecule has 0 spiro atoms. The molecule has 1 atom stereocenters. The molecule has 0 aromatic heterocycles. The van der Waals surface area contributed by atoms with Crippen LogP contribution in [0.3, 0.4) is 0 Å². The number of ether oxygens (including phenoxy) is 2. The maximum absolute atomic E-state index is 11.5. The molecule has 0 heterocycles. The predicted molar refractivity (Wildman–Crippen MR) is 61.6 cm³/mol. The van der Waals surface area contributed by atoms with Gasteiger partial charge in [-0.05, 0) is 6.07 Å². The van der Waals surface area contributed by atoms with E-state index < -0.39 is 0 Å². The van der Waals surface area contributed by atoms with Crippen molar-refractivity contribution in [3.8, 4) is 5.75 Å². The molecule has 0 amide bonds. The minimum atomic E-state index is -0.380. The molecule has 1 aromatic rings. The standard InChI is InChI=1S/C11H14O3S/c1-13-10-6-4-3-5-8(10)9(7-15)11(12)14-2/h3-6,9,15H,7H2,1-2H3. The first kappa shape index (κ1) is 11.9. The van der Waals surface area contributed by atoms with Crippen molar-refractivity contribution in [3.63, 3.8) is 0 Å². The number of esters is 1. The fourth-order valence-electron chi connectivity index (χ4n) is 1.40. The lowest BCUT2D eigenvalue weighted by Gasteiger charge is -2.15. The van der Waals surface area contributed by atoms with Crippen LogP contribution >= 0.6 is 12.6 Å². The Morgan fingerprint density at radius 1 is 1.40 bits per heavy atom. The van der Waals surface area contributed by atoms with Crippen molar-refractivity contribution in [2.24, 2.45) is 0 Å². The van der Waals surface area contributed by atoms with Crippen molar-refractivity contribution in [3.05, 3.63) is 29.8 Å². The SMILES string of the molecule is COC(=O)C(CS)c1ccccc1OC. The van der Waals surface area contributed by atoms with E-state index in [1.54, 1.807) is 7.11 Å². The van der Waals surface area contributed by atoms with Crippen LogP contribution in [0.25, 0.3) is 0 Å². The molecule has 0 aliphatic carbocycles. The molecule has 15 heavy (non-hydrogen) atoms. The van der Waals surface area contributed by atoms with Crippen LogP contribution in [0.5, 0.6) is 5.75 Å². The molecule has 3 nitrogen and oxygen atoms in total. The Hall–Kier alpha value is -1.16. The van der Waals surface area contributed by atoms with E-state index in [9.17, 15) is 4.79 Å². The van der Waals surface area contributed by atoms with Crippen molar-refractivity contribution in [2.75, 3.05) is 20.0 Å². The second kappa shape index (κ2) is 5.66. The molecule has 0 saturated heterocycles. The summed E-state index contributed by atoms with van der Waals surface area (Å²) in [5, 5.41) is 0. The van der Waals surface area contributed by atoms with Crippen LogP contribution in [-0.2, 0) is 9.53 Å². The molecule has 4 heteroatoms. The van der Waals surface area contributed by atoms with Crippen molar-refractivity contribution in [1.29, 1.82) is 0 Å². The van der Waals surface area contributed by atoms with Gasteiger partial charge in [-0.2, -0.15) is 12.6 Å². The molecular weight excluding hydrogens is 212 g/mol. The number of methoxy groups -OCH3 is 2. The van der Waals surface area contributed by atoms with E-state index >= 15 is 0 Å². The van der Waals surface area contributed by atoms with Crippen molar-refractivity contribution in [1.82, 2.24) is 0 Å². The van der Waals surface area contributed by atoms with E-state index in [0.717, 1.165) is 5.56 Å². The van der Waals surface area contributed by atoms with Crippen LogP contribution in [0.15, 0.2) is 24.3 Å². The first-order valence-electron chi connectivity index (χ1n) is 4.56. The highest BCUT2D eigenvalue weighted by Crippen LogP contribution is 2.27. The number of benzene rings is 1. The summed E-state index contributed by atoms with van der Waals surface area (Å²) >= 11 is 4.15. The second-order valence-electron chi connectivity index (χ2n) is 3.00. The third-order valence-electron chi connectivity index (χ3n) is 2.18. The third-order valence-corrected chi connectivity index (χ3v) is 2.55. The van der Waals surface area contributed by atoms with E-state index in [1.165, 1.54) is 7.11 Å². The van der Waals surface area contributed by atoms with Gasteiger partial charge < -0.3 is 9.47 Å². The Labute approximate surface area is 94.8 Å². The highest BCUT2D eigenvalue weighted by Gasteiger charge is 2.22. The molecule has 0 bridgehead atoms. The molecule has 0 N–H and O–H groups in total. The average molecular weight is 226 g/mol. The Morgan fingerprint density at radius 3 is 2.60 bits per heavy atom.